The standard InChI is InChI=1S/C18H17BFN5O2/c1-24-15-8-11(12-4-6-19(10-21)9-14(12)20)2-3-13(15)17(23-24)25-7-5-16(26)22-18(25)27/h2-4,8,14H,5-7,9H2,1H3,(H,22,26,27). The molecule has 1 atom stereocenters. The second-order valence-electron chi connectivity index (χ2n) is 6.86. The zero-order valence-electron chi connectivity index (χ0n) is 14.8. The normalized spacial score (nSPS) is 20.5. The number of aromatic nitrogens is 2. The molecule has 1 N–H and O–H groups in total. The molecule has 3 heterocycles. The molecule has 0 aliphatic carbocycles. The number of fused-ring (bicyclic) bond motifs is 1. The first kappa shape index (κ1) is 17.3. The lowest BCUT2D eigenvalue weighted by Crippen LogP contribution is -2.49. The van der Waals surface area contributed by atoms with E-state index < -0.39 is 12.2 Å². The van der Waals surface area contributed by atoms with Gasteiger partial charge in [0, 0.05) is 31.4 Å². The topological polar surface area (TPSA) is 91.0 Å². The third kappa shape index (κ3) is 2.97. The number of nitriles is 1. The number of nitrogens with one attached hydrogen (secondary N) is 1. The second kappa shape index (κ2) is 6.54. The van der Waals surface area contributed by atoms with E-state index in [1.54, 1.807) is 17.8 Å². The van der Waals surface area contributed by atoms with Crippen molar-refractivity contribution in [1.82, 2.24) is 15.1 Å². The summed E-state index contributed by atoms with van der Waals surface area (Å²) in [6, 6.07) is 4.99. The highest BCUT2D eigenvalue weighted by Gasteiger charge is 2.30. The number of benzene rings is 1. The van der Waals surface area contributed by atoms with Crippen molar-refractivity contribution in [1.29, 1.82) is 5.26 Å². The van der Waals surface area contributed by atoms with E-state index in [0.29, 0.717) is 17.7 Å². The number of anilines is 1. The lowest BCUT2D eigenvalue weighted by atomic mass is 9.43. The van der Waals surface area contributed by atoms with Crippen LogP contribution >= 0.6 is 0 Å². The number of carbonyl (C=O) groups is 2. The first-order valence-electron chi connectivity index (χ1n) is 8.80. The summed E-state index contributed by atoms with van der Waals surface area (Å²) < 4.78 is 16.2. The van der Waals surface area contributed by atoms with Crippen LogP contribution < -0.4 is 10.2 Å². The second-order valence-corrected chi connectivity index (χ2v) is 6.86. The van der Waals surface area contributed by atoms with Crippen LogP contribution in [0.1, 0.15) is 12.0 Å². The molecule has 1 unspecified atom stereocenters. The number of alkyl halides is 1. The number of amides is 3. The summed E-state index contributed by atoms with van der Waals surface area (Å²) in [5.74, 6) is 2.30. The Labute approximate surface area is 155 Å². The minimum absolute atomic E-state index is 0.207. The average molecular weight is 365 g/mol. The van der Waals surface area contributed by atoms with Crippen molar-refractivity contribution in [2.75, 3.05) is 11.4 Å². The van der Waals surface area contributed by atoms with Gasteiger partial charge in [-0.2, -0.15) is 5.10 Å². The zero-order chi connectivity index (χ0) is 19.1. The lowest BCUT2D eigenvalue weighted by Gasteiger charge is -2.24. The average Bonchev–Trinajstić information content (AvgIpc) is 2.97. The van der Waals surface area contributed by atoms with Gasteiger partial charge in [-0.05, 0) is 35.9 Å². The number of rotatable bonds is 2. The molecule has 27 heavy (non-hydrogen) atoms. The van der Waals surface area contributed by atoms with Crippen molar-refractivity contribution < 1.29 is 14.0 Å². The fraction of sp³-hybridized carbons (Fsp3) is 0.333. The number of aryl methyl sites for hydroxylation is 1. The van der Waals surface area contributed by atoms with Gasteiger partial charge in [0.15, 0.2) is 5.82 Å². The third-order valence-electron chi connectivity index (χ3n) is 5.11. The molecular weight excluding hydrogens is 348 g/mol. The first-order valence-corrected chi connectivity index (χ1v) is 8.80. The highest BCUT2D eigenvalue weighted by molar-refractivity contribution is 6.68. The zero-order valence-corrected chi connectivity index (χ0v) is 14.8. The predicted octanol–water partition coefficient (Wildman–Crippen LogP) is 2.31. The maximum Gasteiger partial charge on any atom is 0.329 e. The molecule has 1 aromatic carbocycles. The van der Waals surface area contributed by atoms with Crippen molar-refractivity contribution in [2.24, 2.45) is 7.05 Å². The van der Waals surface area contributed by atoms with Crippen molar-refractivity contribution >= 4 is 40.9 Å². The van der Waals surface area contributed by atoms with E-state index in [1.807, 2.05) is 18.2 Å². The molecule has 3 amide bonds. The summed E-state index contributed by atoms with van der Waals surface area (Å²) in [6.07, 6.45) is 1.59. The van der Waals surface area contributed by atoms with Gasteiger partial charge in [0.2, 0.25) is 5.91 Å². The van der Waals surface area contributed by atoms with Gasteiger partial charge in [-0.3, -0.25) is 19.7 Å². The molecule has 1 saturated heterocycles. The molecule has 1 fully saturated rings. The van der Waals surface area contributed by atoms with E-state index in [-0.39, 0.29) is 31.9 Å². The lowest BCUT2D eigenvalue weighted by molar-refractivity contribution is -0.120. The molecule has 7 nitrogen and oxygen atoms in total. The number of halogens is 1. The molecule has 0 radical (unpaired) electrons. The Balaban J connectivity index is 1.72. The van der Waals surface area contributed by atoms with E-state index in [4.69, 9.17) is 5.26 Å². The monoisotopic (exact) mass is 365 g/mol. The first-order chi connectivity index (χ1) is 13.0. The van der Waals surface area contributed by atoms with E-state index in [2.05, 4.69) is 16.4 Å². The Bertz CT molecular complexity index is 1020. The van der Waals surface area contributed by atoms with Gasteiger partial charge in [0.25, 0.3) is 6.71 Å². The van der Waals surface area contributed by atoms with Gasteiger partial charge in [-0.25, -0.2) is 14.4 Å². The van der Waals surface area contributed by atoms with Crippen molar-refractivity contribution in [3.05, 3.63) is 29.8 Å². The Kier molecular flexibility index (Phi) is 4.19. The SMILES string of the molecule is Cn1nc(N2CCC(=O)NC2=O)c2ccc(C3=CCB(C#N)CC3F)cc21. The van der Waals surface area contributed by atoms with Crippen LogP contribution in [0.4, 0.5) is 15.0 Å². The molecular formula is C18H17BFN5O2. The largest absolute Gasteiger partial charge is 0.329 e. The van der Waals surface area contributed by atoms with E-state index in [0.717, 1.165) is 16.5 Å². The summed E-state index contributed by atoms with van der Waals surface area (Å²) in [5.41, 5.74) is 2.11. The summed E-state index contributed by atoms with van der Waals surface area (Å²) in [4.78, 5) is 24.9. The molecule has 0 saturated carbocycles. The Morgan fingerprint density at radius 3 is 2.93 bits per heavy atom. The summed E-state index contributed by atoms with van der Waals surface area (Å²) >= 11 is 0. The molecule has 9 heteroatoms. The van der Waals surface area contributed by atoms with E-state index in [9.17, 15) is 14.0 Å². The number of hydrogen-bond donors (Lipinski definition) is 1. The molecule has 2 aromatic rings. The minimum Gasteiger partial charge on any atom is -0.278 e. The Morgan fingerprint density at radius 2 is 2.22 bits per heavy atom. The van der Waals surface area contributed by atoms with Gasteiger partial charge in [0.1, 0.15) is 6.17 Å². The molecule has 0 spiro atoms. The van der Waals surface area contributed by atoms with Crippen molar-refractivity contribution in [3.63, 3.8) is 0 Å². The number of hydrogen-bond acceptors (Lipinski definition) is 4. The molecule has 4 rings (SSSR count). The maximum atomic E-state index is 14.5. The van der Waals surface area contributed by atoms with Crippen LogP contribution in [-0.4, -0.2) is 41.1 Å². The van der Waals surface area contributed by atoms with Crippen LogP contribution in [0.2, 0.25) is 12.6 Å². The van der Waals surface area contributed by atoms with Crippen molar-refractivity contribution in [2.45, 2.75) is 25.2 Å². The van der Waals surface area contributed by atoms with Crippen molar-refractivity contribution in [3.8, 4) is 5.97 Å². The van der Waals surface area contributed by atoms with Gasteiger partial charge in [-0.1, -0.05) is 12.1 Å². The van der Waals surface area contributed by atoms with E-state index in [1.165, 1.54) is 4.90 Å². The molecule has 136 valence electrons. The van der Waals surface area contributed by atoms with Crippen LogP contribution in [0.5, 0.6) is 0 Å². The third-order valence-corrected chi connectivity index (χ3v) is 5.11. The van der Waals surface area contributed by atoms with Gasteiger partial charge in [-0.15, -0.1) is 0 Å². The fourth-order valence-electron chi connectivity index (χ4n) is 3.66. The van der Waals surface area contributed by atoms with Crippen LogP contribution in [0.3, 0.4) is 0 Å². The summed E-state index contributed by atoms with van der Waals surface area (Å²) in [7, 11) is 1.76. The number of carbonyl (C=O) groups excluding carboxylic acids is 2. The Morgan fingerprint density at radius 1 is 1.41 bits per heavy atom. The number of nitrogens with zero attached hydrogens (tertiary/aromatic N) is 4. The molecule has 1 aromatic heterocycles. The summed E-state index contributed by atoms with van der Waals surface area (Å²) in [6.45, 7) is -0.0117. The van der Waals surface area contributed by atoms with Gasteiger partial charge < -0.3 is 0 Å². The highest BCUT2D eigenvalue weighted by atomic mass is 19.1. The van der Waals surface area contributed by atoms with Crippen LogP contribution in [0, 0.1) is 11.2 Å². The smallest absolute Gasteiger partial charge is 0.278 e. The molecule has 2 aliphatic heterocycles. The number of imide groups is 1. The number of allylic oxidation sites excluding steroid dienone is 2. The quantitative estimate of drug-likeness (QED) is 0.827. The van der Waals surface area contributed by atoms with E-state index >= 15 is 0 Å². The number of urea groups is 1. The molecule has 0 bridgehead atoms. The molecule has 2 aliphatic rings. The van der Waals surface area contributed by atoms with Crippen LogP contribution in [0.25, 0.3) is 16.5 Å². The maximum absolute atomic E-state index is 14.5. The minimum atomic E-state index is -1.17. The fourth-order valence-corrected chi connectivity index (χ4v) is 3.66. The predicted molar refractivity (Wildman–Crippen MR) is 100 cm³/mol. The summed E-state index contributed by atoms with van der Waals surface area (Å²) in [5, 5.41) is 16.5. The Hall–Kier alpha value is -3.15. The van der Waals surface area contributed by atoms with Crippen LogP contribution in [-0.2, 0) is 11.8 Å². The van der Waals surface area contributed by atoms with Gasteiger partial charge >= 0.3 is 6.03 Å². The van der Waals surface area contributed by atoms with Gasteiger partial charge in [0.05, 0.1) is 5.52 Å². The van der Waals surface area contributed by atoms with Crippen LogP contribution in [0.15, 0.2) is 24.3 Å². The highest BCUT2D eigenvalue weighted by Crippen LogP contribution is 2.34.